The van der Waals surface area contributed by atoms with Gasteiger partial charge >= 0.3 is 0 Å². The second-order valence-electron chi connectivity index (χ2n) is 10.0. The Morgan fingerprint density at radius 1 is 1.05 bits per heavy atom. The summed E-state index contributed by atoms with van der Waals surface area (Å²) in [5, 5.41) is 16.3. The summed E-state index contributed by atoms with van der Waals surface area (Å²) in [4.78, 5) is 28.1. The molecule has 0 bridgehead atoms. The van der Waals surface area contributed by atoms with Gasteiger partial charge in [0, 0.05) is 21.0 Å². The lowest BCUT2D eigenvalue weighted by Crippen LogP contribution is -2.24. The molecule has 0 radical (unpaired) electrons. The molecule has 2 amide bonds. The standard InChI is InChI=1S/C33H31N3O2S2/c1-3-29(39-26-11-7-10-25(19-26)35-31(37)23-14-12-21(2)13-15-23)32(38)36-33-28(20-34)27-17-16-24(18-30(27)40-33)22-8-5-4-6-9-22/h4-15,19,24,29H,3,16-18H2,1-2H3,(H,35,37)(H,36,38). The van der Waals surface area contributed by atoms with E-state index in [1.54, 1.807) is 23.5 Å². The highest BCUT2D eigenvalue weighted by Gasteiger charge is 2.28. The van der Waals surface area contributed by atoms with Crippen LogP contribution in [0.4, 0.5) is 10.7 Å². The zero-order chi connectivity index (χ0) is 28.1. The quantitative estimate of drug-likeness (QED) is 0.212. The lowest BCUT2D eigenvalue weighted by molar-refractivity contribution is -0.115. The van der Waals surface area contributed by atoms with Gasteiger partial charge in [0.2, 0.25) is 5.91 Å². The number of benzene rings is 3. The van der Waals surface area contributed by atoms with Crippen molar-refractivity contribution in [2.24, 2.45) is 0 Å². The van der Waals surface area contributed by atoms with E-state index in [4.69, 9.17) is 0 Å². The van der Waals surface area contributed by atoms with Gasteiger partial charge in [0.05, 0.1) is 10.8 Å². The number of hydrogen-bond donors (Lipinski definition) is 2. The number of nitrogens with zero attached hydrogens (tertiary/aromatic N) is 1. The first-order valence-electron chi connectivity index (χ1n) is 13.5. The molecule has 1 heterocycles. The van der Waals surface area contributed by atoms with Crippen molar-refractivity contribution in [3.8, 4) is 6.07 Å². The molecular weight excluding hydrogens is 535 g/mol. The second-order valence-corrected chi connectivity index (χ2v) is 12.4. The first kappa shape index (κ1) is 27.7. The third-order valence-corrected chi connectivity index (χ3v) is 9.76. The summed E-state index contributed by atoms with van der Waals surface area (Å²) in [5.74, 6) is 0.142. The number of carbonyl (C=O) groups is 2. The van der Waals surface area contributed by atoms with Crippen LogP contribution in [0.15, 0.2) is 83.8 Å². The summed E-state index contributed by atoms with van der Waals surface area (Å²) in [6, 6.07) is 27.9. The van der Waals surface area contributed by atoms with E-state index in [9.17, 15) is 14.9 Å². The van der Waals surface area contributed by atoms with Gasteiger partial charge in [-0.25, -0.2) is 0 Å². The van der Waals surface area contributed by atoms with Crippen LogP contribution >= 0.6 is 23.1 Å². The SMILES string of the molecule is CCC(Sc1cccc(NC(=O)c2ccc(C)cc2)c1)C(=O)Nc1sc2c(c1C#N)CCC(c1ccccc1)C2. The fourth-order valence-corrected chi connectivity index (χ4v) is 7.33. The average Bonchev–Trinajstić information content (AvgIpc) is 3.32. The van der Waals surface area contributed by atoms with Crippen LogP contribution < -0.4 is 10.6 Å². The number of rotatable bonds is 8. The number of fused-ring (bicyclic) bond motifs is 1. The van der Waals surface area contributed by atoms with Crippen molar-refractivity contribution in [3.05, 3.63) is 112 Å². The maximum Gasteiger partial charge on any atom is 0.255 e. The number of carbonyl (C=O) groups excluding carboxylic acids is 2. The summed E-state index contributed by atoms with van der Waals surface area (Å²) in [6.45, 7) is 3.97. The maximum atomic E-state index is 13.4. The maximum absolute atomic E-state index is 13.4. The minimum atomic E-state index is -0.342. The van der Waals surface area contributed by atoms with Crippen LogP contribution in [0.3, 0.4) is 0 Å². The summed E-state index contributed by atoms with van der Waals surface area (Å²) in [5.41, 5.74) is 5.39. The van der Waals surface area contributed by atoms with Crippen LogP contribution in [-0.2, 0) is 17.6 Å². The van der Waals surface area contributed by atoms with E-state index in [0.29, 0.717) is 34.2 Å². The topological polar surface area (TPSA) is 82.0 Å². The van der Waals surface area contributed by atoms with Gasteiger partial charge in [-0.1, -0.05) is 61.0 Å². The van der Waals surface area contributed by atoms with Crippen LogP contribution in [0, 0.1) is 18.3 Å². The highest BCUT2D eigenvalue weighted by Crippen LogP contribution is 2.42. The van der Waals surface area contributed by atoms with Gasteiger partial charge in [-0.3, -0.25) is 9.59 Å². The van der Waals surface area contributed by atoms with Gasteiger partial charge < -0.3 is 10.6 Å². The Kier molecular flexibility index (Phi) is 8.69. The van der Waals surface area contributed by atoms with E-state index in [2.05, 4.69) is 41.0 Å². The normalized spacial score (nSPS) is 15.0. The molecule has 7 heteroatoms. The Balaban J connectivity index is 1.26. The number of thioether (sulfide) groups is 1. The Morgan fingerprint density at radius 2 is 1.82 bits per heavy atom. The van der Waals surface area contributed by atoms with Gasteiger partial charge in [0.15, 0.2) is 0 Å². The van der Waals surface area contributed by atoms with Crippen LogP contribution in [0.2, 0.25) is 0 Å². The van der Waals surface area contributed by atoms with Crippen LogP contribution in [0.25, 0.3) is 0 Å². The highest BCUT2D eigenvalue weighted by atomic mass is 32.2. The third-order valence-electron chi connectivity index (χ3n) is 7.23. The molecule has 1 aromatic heterocycles. The average molecular weight is 566 g/mol. The largest absolute Gasteiger partial charge is 0.322 e. The highest BCUT2D eigenvalue weighted by molar-refractivity contribution is 8.00. The molecule has 2 N–H and O–H groups in total. The van der Waals surface area contributed by atoms with Crippen molar-refractivity contribution in [2.45, 2.75) is 55.6 Å². The second kappa shape index (κ2) is 12.5. The van der Waals surface area contributed by atoms with Gasteiger partial charge in [0.25, 0.3) is 5.91 Å². The van der Waals surface area contributed by atoms with Crippen molar-refractivity contribution >= 4 is 45.6 Å². The molecule has 2 unspecified atom stereocenters. The van der Waals surface area contributed by atoms with Crippen molar-refractivity contribution in [1.82, 2.24) is 0 Å². The molecule has 40 heavy (non-hydrogen) atoms. The molecule has 0 spiro atoms. The minimum Gasteiger partial charge on any atom is -0.322 e. The molecule has 5 nitrogen and oxygen atoms in total. The van der Waals surface area contributed by atoms with Crippen LogP contribution in [0.5, 0.6) is 0 Å². The summed E-state index contributed by atoms with van der Waals surface area (Å²) in [6.07, 6.45) is 3.36. The monoisotopic (exact) mass is 565 g/mol. The molecule has 0 aliphatic heterocycles. The predicted octanol–water partition coefficient (Wildman–Crippen LogP) is 7.96. The van der Waals surface area contributed by atoms with Crippen LogP contribution in [0.1, 0.15) is 63.2 Å². The van der Waals surface area contributed by atoms with Gasteiger partial charge in [-0.2, -0.15) is 5.26 Å². The number of nitrogens with one attached hydrogen (secondary N) is 2. The number of anilines is 2. The number of amides is 2. The zero-order valence-corrected chi connectivity index (χ0v) is 24.2. The first-order valence-corrected chi connectivity index (χ1v) is 15.2. The predicted molar refractivity (Wildman–Crippen MR) is 164 cm³/mol. The summed E-state index contributed by atoms with van der Waals surface area (Å²) in [7, 11) is 0. The Morgan fingerprint density at radius 3 is 2.55 bits per heavy atom. The molecule has 2 atom stereocenters. The fourth-order valence-electron chi connectivity index (χ4n) is 5.04. The van der Waals surface area contributed by atoms with E-state index in [1.807, 2.05) is 56.3 Å². The van der Waals surface area contributed by atoms with Gasteiger partial charge in [-0.05, 0) is 80.0 Å². The molecule has 0 saturated heterocycles. The molecule has 1 aliphatic carbocycles. The van der Waals surface area contributed by atoms with Crippen LogP contribution in [-0.4, -0.2) is 17.1 Å². The lowest BCUT2D eigenvalue weighted by atomic mass is 9.83. The van der Waals surface area contributed by atoms with E-state index in [0.717, 1.165) is 35.3 Å². The van der Waals surface area contributed by atoms with E-state index in [-0.39, 0.29) is 17.1 Å². The summed E-state index contributed by atoms with van der Waals surface area (Å²) >= 11 is 3.00. The molecule has 1 aliphatic rings. The van der Waals surface area contributed by atoms with Crippen molar-refractivity contribution in [2.75, 3.05) is 10.6 Å². The number of aryl methyl sites for hydroxylation is 1. The first-order chi connectivity index (χ1) is 19.4. The molecule has 3 aromatic carbocycles. The third kappa shape index (κ3) is 6.30. The molecule has 4 aromatic rings. The minimum absolute atomic E-state index is 0.115. The van der Waals surface area contributed by atoms with E-state index >= 15 is 0 Å². The molecule has 0 fully saturated rings. The van der Waals surface area contributed by atoms with E-state index < -0.39 is 0 Å². The molecule has 0 saturated carbocycles. The Labute approximate surface area is 243 Å². The van der Waals surface area contributed by atoms with Crippen molar-refractivity contribution < 1.29 is 9.59 Å². The van der Waals surface area contributed by atoms with Gasteiger partial charge in [-0.15, -0.1) is 23.1 Å². The Hall–Kier alpha value is -3.86. The molecular formula is C33H31N3O2S2. The zero-order valence-electron chi connectivity index (χ0n) is 22.6. The fraction of sp³-hybridized carbons (Fsp3) is 0.242. The summed E-state index contributed by atoms with van der Waals surface area (Å²) < 4.78 is 0. The molecule has 202 valence electrons. The van der Waals surface area contributed by atoms with Crippen molar-refractivity contribution in [3.63, 3.8) is 0 Å². The smallest absolute Gasteiger partial charge is 0.255 e. The van der Waals surface area contributed by atoms with Gasteiger partial charge in [0.1, 0.15) is 11.1 Å². The molecule has 5 rings (SSSR count). The Bertz CT molecular complexity index is 1560. The number of thiophene rings is 1. The lowest BCUT2D eigenvalue weighted by Gasteiger charge is -2.22. The number of nitriles is 1. The van der Waals surface area contributed by atoms with E-state index in [1.165, 1.54) is 22.2 Å². The van der Waals surface area contributed by atoms with Crippen molar-refractivity contribution in [1.29, 1.82) is 5.26 Å². The number of hydrogen-bond acceptors (Lipinski definition) is 5.